The van der Waals surface area contributed by atoms with Gasteiger partial charge in [-0.3, -0.25) is 4.79 Å². The van der Waals surface area contributed by atoms with Crippen molar-refractivity contribution in [2.75, 3.05) is 6.54 Å². The summed E-state index contributed by atoms with van der Waals surface area (Å²) in [5, 5.41) is 12.7. The Morgan fingerprint density at radius 3 is 2.61 bits per heavy atom. The summed E-state index contributed by atoms with van der Waals surface area (Å²) >= 11 is 7.82. The van der Waals surface area contributed by atoms with Gasteiger partial charge in [0.1, 0.15) is 10.7 Å². The van der Waals surface area contributed by atoms with Crippen molar-refractivity contribution in [3.05, 3.63) is 29.0 Å². The molecule has 0 spiro atoms. The highest BCUT2D eigenvalue weighted by atomic mass is 127. The van der Waals surface area contributed by atoms with E-state index in [-0.39, 0.29) is 29.6 Å². The van der Waals surface area contributed by atoms with Crippen molar-refractivity contribution in [2.24, 2.45) is 5.92 Å². The van der Waals surface area contributed by atoms with Gasteiger partial charge in [0.2, 0.25) is 15.9 Å². The van der Waals surface area contributed by atoms with E-state index in [1.807, 2.05) is 22.6 Å². The zero-order valence-corrected chi connectivity index (χ0v) is 18.9. The Morgan fingerprint density at radius 2 is 1.93 bits per heavy atom. The summed E-state index contributed by atoms with van der Waals surface area (Å²) in [5.74, 6) is -1.56. The molecule has 0 aromatic heterocycles. The zero-order valence-electron chi connectivity index (χ0n) is 15.2. The molecular formula is C18H23ClFIN2O4S. The largest absolute Gasteiger partial charge is 0.393 e. The molecule has 3 rings (SSSR count). The van der Waals surface area contributed by atoms with Crippen LogP contribution < -0.4 is 5.32 Å². The molecule has 1 aromatic carbocycles. The number of nitrogens with one attached hydrogen (secondary N) is 1. The van der Waals surface area contributed by atoms with Gasteiger partial charge in [-0.1, -0.05) is 34.2 Å². The van der Waals surface area contributed by atoms with Crippen LogP contribution in [0.1, 0.15) is 38.5 Å². The van der Waals surface area contributed by atoms with Gasteiger partial charge in [0.25, 0.3) is 0 Å². The lowest BCUT2D eigenvalue weighted by molar-refractivity contribution is -0.127. The van der Waals surface area contributed by atoms with Crippen molar-refractivity contribution in [3.63, 3.8) is 0 Å². The first-order valence-electron chi connectivity index (χ1n) is 9.29. The molecule has 6 nitrogen and oxygen atoms in total. The highest BCUT2D eigenvalue weighted by Gasteiger charge is 2.42. The minimum absolute atomic E-state index is 0.00291. The molecule has 1 heterocycles. The molecule has 1 unspecified atom stereocenters. The van der Waals surface area contributed by atoms with Crippen molar-refractivity contribution in [1.82, 2.24) is 9.62 Å². The number of hydrogen-bond donors (Lipinski definition) is 2. The lowest BCUT2D eigenvalue weighted by atomic mass is 9.92. The number of carbonyl (C=O) groups is 1. The van der Waals surface area contributed by atoms with Gasteiger partial charge in [0.15, 0.2) is 0 Å². The van der Waals surface area contributed by atoms with Gasteiger partial charge in [-0.25, -0.2) is 12.8 Å². The summed E-state index contributed by atoms with van der Waals surface area (Å²) in [6.45, 7) is 0.224. The fraction of sp³-hybridized carbons (Fsp3) is 0.611. The van der Waals surface area contributed by atoms with Crippen LogP contribution in [0.25, 0.3) is 0 Å². The quantitative estimate of drug-likeness (QED) is 0.347. The number of benzene rings is 1. The minimum atomic E-state index is -4.12. The third-order valence-electron chi connectivity index (χ3n) is 5.36. The molecule has 28 heavy (non-hydrogen) atoms. The minimum Gasteiger partial charge on any atom is -0.393 e. The maximum Gasteiger partial charge on any atom is 0.247 e. The van der Waals surface area contributed by atoms with Crippen molar-refractivity contribution in [3.8, 4) is 0 Å². The van der Waals surface area contributed by atoms with Crippen LogP contribution >= 0.6 is 34.2 Å². The molecule has 1 amide bonds. The Kier molecular flexibility index (Phi) is 7.23. The van der Waals surface area contributed by atoms with Gasteiger partial charge in [-0.05, 0) is 56.7 Å². The second-order valence-electron chi connectivity index (χ2n) is 7.33. The topological polar surface area (TPSA) is 86.7 Å². The summed E-state index contributed by atoms with van der Waals surface area (Å²) in [7, 11) is -4.12. The molecule has 0 bridgehead atoms. The number of alkyl halides is 1. The van der Waals surface area contributed by atoms with Gasteiger partial charge in [0, 0.05) is 17.6 Å². The van der Waals surface area contributed by atoms with Crippen LogP contribution in [0.5, 0.6) is 0 Å². The lowest BCUT2D eigenvalue weighted by Crippen LogP contribution is -2.51. The monoisotopic (exact) mass is 544 g/mol. The van der Waals surface area contributed by atoms with Crippen LogP contribution in [0, 0.1) is 11.7 Å². The van der Waals surface area contributed by atoms with E-state index in [0.717, 1.165) is 12.1 Å². The van der Waals surface area contributed by atoms with Crippen LogP contribution in [0.4, 0.5) is 4.39 Å². The second-order valence-corrected chi connectivity index (χ2v) is 10.9. The first-order chi connectivity index (χ1) is 13.2. The molecular weight excluding hydrogens is 522 g/mol. The smallest absolute Gasteiger partial charge is 0.247 e. The van der Waals surface area contributed by atoms with Gasteiger partial charge in [-0.2, -0.15) is 4.31 Å². The highest BCUT2D eigenvalue weighted by Crippen LogP contribution is 2.35. The number of sulfonamides is 1. The first kappa shape index (κ1) is 22.2. The van der Waals surface area contributed by atoms with Crippen LogP contribution in [0.15, 0.2) is 23.1 Å². The normalized spacial score (nSPS) is 29.4. The number of aliphatic hydroxyl groups is 1. The number of amides is 1. The molecule has 1 aliphatic heterocycles. The number of nitrogens with zero attached hydrogens (tertiary/aromatic N) is 1. The third kappa shape index (κ3) is 4.80. The summed E-state index contributed by atoms with van der Waals surface area (Å²) in [4.78, 5) is 12.3. The molecule has 1 aromatic rings. The Labute approximate surface area is 183 Å². The molecule has 1 aliphatic carbocycles. The fourth-order valence-corrected chi connectivity index (χ4v) is 7.49. The van der Waals surface area contributed by atoms with E-state index >= 15 is 0 Å². The molecule has 2 N–H and O–H groups in total. The summed E-state index contributed by atoms with van der Waals surface area (Å²) in [5.41, 5.74) is 0. The Morgan fingerprint density at radius 1 is 1.25 bits per heavy atom. The molecule has 1 saturated carbocycles. The SMILES string of the molecule is O=C(NC1CCC(O)CC1)[C@@H]1CCCN(S(=O)(=O)c2cc(Cl)ccc2F)C1I. The Balaban J connectivity index is 1.75. The van der Waals surface area contributed by atoms with E-state index in [1.165, 1.54) is 10.4 Å². The molecule has 156 valence electrons. The van der Waals surface area contributed by atoms with E-state index in [1.54, 1.807) is 0 Å². The fourth-order valence-electron chi connectivity index (χ4n) is 3.77. The van der Waals surface area contributed by atoms with E-state index in [9.17, 15) is 22.7 Å². The predicted octanol–water partition coefficient (Wildman–Crippen LogP) is 3.06. The second kappa shape index (κ2) is 9.11. The van der Waals surface area contributed by atoms with Crippen molar-refractivity contribution in [1.29, 1.82) is 0 Å². The van der Waals surface area contributed by atoms with E-state index in [2.05, 4.69) is 5.32 Å². The summed E-state index contributed by atoms with van der Waals surface area (Å²) in [6, 6.07) is 3.43. The molecule has 1 saturated heterocycles. The number of halogens is 3. The number of piperidine rings is 1. The van der Waals surface area contributed by atoms with E-state index < -0.39 is 30.7 Å². The maximum atomic E-state index is 14.2. The van der Waals surface area contributed by atoms with Gasteiger partial charge >= 0.3 is 0 Å². The van der Waals surface area contributed by atoms with Crippen LogP contribution in [-0.2, 0) is 14.8 Å². The van der Waals surface area contributed by atoms with Gasteiger partial charge in [-0.15, -0.1) is 0 Å². The third-order valence-corrected chi connectivity index (χ3v) is 9.41. The number of carbonyl (C=O) groups excluding carboxylic acids is 1. The van der Waals surface area contributed by atoms with Crippen LogP contribution in [-0.4, -0.2) is 46.5 Å². The Hall–Kier alpha value is -0.490. The zero-order chi connectivity index (χ0) is 20.5. The summed E-state index contributed by atoms with van der Waals surface area (Å²) < 4.78 is 40.8. The van der Waals surface area contributed by atoms with Crippen molar-refractivity contribution < 1.29 is 22.7 Å². The van der Waals surface area contributed by atoms with Gasteiger partial charge < -0.3 is 10.4 Å². The van der Waals surface area contributed by atoms with E-state index in [4.69, 9.17) is 11.6 Å². The predicted molar refractivity (Wildman–Crippen MR) is 112 cm³/mol. The molecule has 2 atom stereocenters. The Bertz CT molecular complexity index is 833. The molecule has 10 heteroatoms. The summed E-state index contributed by atoms with van der Waals surface area (Å²) in [6.07, 6.45) is 3.49. The number of hydrogen-bond acceptors (Lipinski definition) is 4. The first-order valence-corrected chi connectivity index (χ1v) is 12.4. The lowest BCUT2D eigenvalue weighted by Gasteiger charge is -2.37. The van der Waals surface area contributed by atoms with Crippen LogP contribution in [0.2, 0.25) is 5.02 Å². The average Bonchev–Trinajstić information content (AvgIpc) is 2.65. The molecule has 2 fully saturated rings. The van der Waals surface area contributed by atoms with Gasteiger partial charge in [0.05, 0.1) is 16.1 Å². The average molecular weight is 545 g/mol. The van der Waals surface area contributed by atoms with E-state index in [0.29, 0.717) is 38.5 Å². The molecule has 2 aliphatic rings. The molecule has 0 radical (unpaired) electrons. The van der Waals surface area contributed by atoms with Crippen molar-refractivity contribution >= 4 is 50.1 Å². The highest BCUT2D eigenvalue weighted by molar-refractivity contribution is 14.1. The number of rotatable bonds is 4. The number of aliphatic hydroxyl groups excluding tert-OH is 1. The van der Waals surface area contributed by atoms with Crippen LogP contribution in [0.3, 0.4) is 0 Å². The standard InChI is InChI=1S/C18H23ClFIN2O4S/c19-11-3-8-15(20)16(10-11)28(26,27)23-9-1-2-14(17(23)21)18(25)22-12-4-6-13(24)7-5-12/h3,8,10,12-14,17,24H,1-2,4-7,9H2,(H,22,25)/t12?,13?,14-,17?/m1/s1. The maximum absolute atomic E-state index is 14.2. The van der Waals surface area contributed by atoms with Crippen molar-refractivity contribution in [2.45, 2.75) is 59.6 Å².